The molecule has 4 heterocycles. The first-order chi connectivity index (χ1) is 15.5. The summed E-state index contributed by atoms with van der Waals surface area (Å²) in [5.74, 6) is 0.0791. The van der Waals surface area contributed by atoms with Crippen molar-refractivity contribution in [3.63, 3.8) is 0 Å². The van der Waals surface area contributed by atoms with Crippen LogP contribution in [-0.2, 0) is 4.79 Å². The van der Waals surface area contributed by atoms with Crippen LogP contribution in [0, 0.1) is 0 Å². The van der Waals surface area contributed by atoms with Crippen LogP contribution in [0.15, 0.2) is 36.1 Å². The number of anilines is 1. The zero-order valence-corrected chi connectivity index (χ0v) is 18.6. The van der Waals surface area contributed by atoms with Crippen LogP contribution in [0.4, 0.5) is 5.82 Å². The number of hydrogen-bond donors (Lipinski definition) is 2. The molecule has 1 fully saturated rings. The number of fused-ring (bicyclic) bond motifs is 2. The third kappa shape index (κ3) is 3.71. The highest BCUT2D eigenvalue weighted by molar-refractivity contribution is 7.16. The van der Waals surface area contributed by atoms with Crippen molar-refractivity contribution >= 4 is 61.7 Å². The molecule has 9 nitrogen and oxygen atoms in total. The van der Waals surface area contributed by atoms with Gasteiger partial charge in [0.1, 0.15) is 22.4 Å². The highest BCUT2D eigenvalue weighted by atomic mass is 35.5. The molecule has 32 heavy (non-hydrogen) atoms. The van der Waals surface area contributed by atoms with Crippen LogP contribution in [-0.4, -0.2) is 56.3 Å². The summed E-state index contributed by atoms with van der Waals surface area (Å²) in [6, 6.07) is 7.07. The molecule has 2 N–H and O–H groups in total. The minimum Gasteiger partial charge on any atom is -0.360 e. The van der Waals surface area contributed by atoms with Crippen molar-refractivity contribution < 1.29 is 9.59 Å². The van der Waals surface area contributed by atoms with Gasteiger partial charge in [0, 0.05) is 18.5 Å². The predicted molar refractivity (Wildman–Crippen MR) is 123 cm³/mol. The van der Waals surface area contributed by atoms with Crippen molar-refractivity contribution in [3.8, 4) is 0 Å². The van der Waals surface area contributed by atoms with Gasteiger partial charge < -0.3 is 15.5 Å². The number of rotatable bonds is 4. The van der Waals surface area contributed by atoms with Gasteiger partial charge in [-0.1, -0.05) is 23.7 Å². The van der Waals surface area contributed by atoms with Gasteiger partial charge in [-0.25, -0.2) is 19.9 Å². The fourth-order valence-electron chi connectivity index (χ4n) is 3.70. The van der Waals surface area contributed by atoms with Crippen molar-refractivity contribution in [2.75, 3.05) is 25.0 Å². The minimum absolute atomic E-state index is 0.00671. The quantitative estimate of drug-likeness (QED) is 0.474. The fourth-order valence-corrected chi connectivity index (χ4v) is 4.60. The summed E-state index contributed by atoms with van der Waals surface area (Å²) in [4.78, 5) is 45.0. The van der Waals surface area contributed by atoms with Gasteiger partial charge in [0.25, 0.3) is 5.91 Å². The molecule has 0 saturated carbocycles. The average Bonchev–Trinajstić information content (AvgIpc) is 3.28. The van der Waals surface area contributed by atoms with E-state index in [1.807, 2.05) is 25.1 Å². The van der Waals surface area contributed by atoms with Crippen molar-refractivity contribution in [1.29, 1.82) is 0 Å². The number of carbonyl (C=O) groups excluding carboxylic acids is 2. The van der Waals surface area contributed by atoms with Crippen molar-refractivity contribution in [1.82, 2.24) is 30.2 Å². The lowest BCUT2D eigenvalue weighted by atomic mass is 10.0. The summed E-state index contributed by atoms with van der Waals surface area (Å²) in [5, 5.41) is 7.86. The summed E-state index contributed by atoms with van der Waals surface area (Å²) >= 11 is 7.89. The molecular formula is C21H18ClN7O2S. The summed E-state index contributed by atoms with van der Waals surface area (Å²) in [6.45, 7) is 2.75. The summed E-state index contributed by atoms with van der Waals surface area (Å²) < 4.78 is 0. The maximum absolute atomic E-state index is 13.4. The summed E-state index contributed by atoms with van der Waals surface area (Å²) in [5.41, 5.74) is 3.28. The smallest absolute Gasteiger partial charge is 0.273 e. The van der Waals surface area contributed by atoms with E-state index < -0.39 is 0 Å². The Balaban J connectivity index is 1.56. The monoisotopic (exact) mass is 467 g/mol. The van der Waals surface area contributed by atoms with Gasteiger partial charge in [-0.05, 0) is 24.4 Å². The largest absolute Gasteiger partial charge is 0.360 e. The number of carbonyl (C=O) groups is 2. The van der Waals surface area contributed by atoms with Crippen LogP contribution in [0.2, 0.25) is 5.02 Å². The fraction of sp³-hybridized carbons (Fsp3) is 0.238. The number of benzene rings is 1. The van der Waals surface area contributed by atoms with Crippen LogP contribution >= 0.6 is 22.9 Å². The van der Waals surface area contributed by atoms with Gasteiger partial charge >= 0.3 is 0 Å². The molecule has 1 aromatic carbocycles. The minimum atomic E-state index is -0.323. The van der Waals surface area contributed by atoms with Gasteiger partial charge in [0.2, 0.25) is 5.91 Å². The number of nitrogens with one attached hydrogen (secondary N) is 2. The molecule has 4 aromatic rings. The Morgan fingerprint density at radius 2 is 2.19 bits per heavy atom. The first kappa shape index (κ1) is 20.5. The van der Waals surface area contributed by atoms with Crippen LogP contribution < -0.4 is 10.6 Å². The van der Waals surface area contributed by atoms with E-state index in [0.29, 0.717) is 40.5 Å². The van der Waals surface area contributed by atoms with Gasteiger partial charge in [0.05, 0.1) is 28.8 Å². The Hall–Kier alpha value is -3.37. The molecule has 0 aliphatic carbocycles. The van der Waals surface area contributed by atoms with E-state index in [9.17, 15) is 9.59 Å². The summed E-state index contributed by atoms with van der Waals surface area (Å²) in [7, 11) is 0. The molecule has 1 aliphatic rings. The summed E-state index contributed by atoms with van der Waals surface area (Å²) in [6.07, 6.45) is 1.49. The second kappa shape index (κ2) is 8.29. The number of hydrogen-bond acceptors (Lipinski definition) is 8. The molecule has 1 saturated heterocycles. The van der Waals surface area contributed by atoms with Crippen LogP contribution in [0.5, 0.6) is 0 Å². The van der Waals surface area contributed by atoms with E-state index in [1.54, 1.807) is 11.6 Å². The predicted octanol–water partition coefficient (Wildman–Crippen LogP) is 3.03. The first-order valence-corrected chi connectivity index (χ1v) is 11.2. The number of piperazine rings is 1. The molecule has 1 unspecified atom stereocenters. The Labute approximate surface area is 191 Å². The van der Waals surface area contributed by atoms with E-state index >= 15 is 0 Å². The van der Waals surface area contributed by atoms with E-state index in [0.717, 1.165) is 10.2 Å². The highest BCUT2D eigenvalue weighted by Crippen LogP contribution is 2.31. The van der Waals surface area contributed by atoms with Crippen LogP contribution in [0.25, 0.3) is 21.1 Å². The Bertz CT molecular complexity index is 1360. The Kier molecular flexibility index (Phi) is 5.32. The highest BCUT2D eigenvalue weighted by Gasteiger charge is 2.27. The van der Waals surface area contributed by atoms with E-state index in [4.69, 9.17) is 16.6 Å². The van der Waals surface area contributed by atoms with E-state index in [-0.39, 0.29) is 30.1 Å². The topological polar surface area (TPSA) is 113 Å². The third-order valence-electron chi connectivity index (χ3n) is 5.29. The SMILES string of the molecule is CC(Nc1ncnc2scnc12)c1cc2cccc(Cl)c2c(C(=O)N2CCNC(=O)C2)n1. The van der Waals surface area contributed by atoms with Crippen molar-refractivity contribution in [2.45, 2.75) is 13.0 Å². The lowest BCUT2D eigenvalue weighted by Crippen LogP contribution is -2.50. The number of nitrogens with zero attached hydrogens (tertiary/aromatic N) is 5. The van der Waals surface area contributed by atoms with Gasteiger partial charge in [-0.2, -0.15) is 0 Å². The normalized spacial score (nSPS) is 15.1. The lowest BCUT2D eigenvalue weighted by molar-refractivity contribution is -0.123. The molecule has 11 heteroatoms. The van der Waals surface area contributed by atoms with Crippen LogP contribution in [0.3, 0.4) is 0 Å². The first-order valence-electron chi connectivity index (χ1n) is 9.97. The Morgan fingerprint density at radius 3 is 3.03 bits per heavy atom. The van der Waals surface area contributed by atoms with Gasteiger partial charge in [-0.15, -0.1) is 11.3 Å². The van der Waals surface area contributed by atoms with Gasteiger partial charge in [0.15, 0.2) is 5.82 Å². The number of halogens is 1. The molecule has 5 rings (SSSR count). The van der Waals surface area contributed by atoms with E-state index in [1.165, 1.54) is 22.6 Å². The maximum Gasteiger partial charge on any atom is 0.273 e. The molecule has 3 aromatic heterocycles. The zero-order chi connectivity index (χ0) is 22.2. The molecule has 2 amide bonds. The van der Waals surface area contributed by atoms with Gasteiger partial charge in [-0.3, -0.25) is 9.59 Å². The third-order valence-corrected chi connectivity index (χ3v) is 6.33. The number of aromatic nitrogens is 4. The maximum atomic E-state index is 13.4. The zero-order valence-electron chi connectivity index (χ0n) is 17.0. The lowest BCUT2D eigenvalue weighted by Gasteiger charge is -2.27. The molecule has 0 spiro atoms. The van der Waals surface area contributed by atoms with Crippen molar-refractivity contribution in [3.05, 3.63) is 52.5 Å². The standard InChI is InChI=1S/C21H18ClN7O2S/c1-11(27-19-18-20(25-9-24-19)32-10-26-18)14-7-12-3-2-4-13(22)16(12)17(28-14)21(31)29-6-5-23-15(30)8-29/h2-4,7,9-11H,5-6,8H2,1H3,(H,23,30)(H,24,25,27). The number of pyridine rings is 1. The molecule has 162 valence electrons. The van der Waals surface area contributed by atoms with Crippen molar-refractivity contribution in [2.24, 2.45) is 0 Å². The number of amides is 2. The molecule has 1 atom stereocenters. The van der Waals surface area contributed by atoms with Crippen LogP contribution in [0.1, 0.15) is 29.1 Å². The number of thiazole rings is 1. The second-order valence-corrected chi connectivity index (χ2v) is 8.65. The molecular weight excluding hydrogens is 450 g/mol. The Morgan fingerprint density at radius 1 is 1.31 bits per heavy atom. The molecule has 0 radical (unpaired) electrons. The van der Waals surface area contributed by atoms with E-state index in [2.05, 4.69) is 25.6 Å². The molecule has 0 bridgehead atoms. The molecule has 1 aliphatic heterocycles. The average molecular weight is 468 g/mol. The second-order valence-electron chi connectivity index (χ2n) is 7.40.